The van der Waals surface area contributed by atoms with E-state index >= 15 is 0 Å². The largest absolute Gasteiger partial charge is 0.493 e. The summed E-state index contributed by atoms with van der Waals surface area (Å²) in [5.74, 6) is -1.33. The third-order valence-electron chi connectivity index (χ3n) is 4.65. The minimum absolute atomic E-state index is 0.0661. The van der Waals surface area contributed by atoms with Gasteiger partial charge in [-0.2, -0.15) is 0 Å². The SMILES string of the molecule is COCCOC(=O)c1sc(NC2OC(=O)c3c2ccc(OC)c3OC)c(C(N)=O)c1C. The van der Waals surface area contributed by atoms with E-state index in [0.717, 1.165) is 11.3 Å². The fourth-order valence-electron chi connectivity index (χ4n) is 3.22. The molecule has 2 aromatic rings. The number of esters is 2. The summed E-state index contributed by atoms with van der Waals surface area (Å²) in [7, 11) is 4.37. The molecule has 1 aromatic heterocycles. The summed E-state index contributed by atoms with van der Waals surface area (Å²) in [5, 5.41) is 3.28. The number of carbonyl (C=O) groups excluding carboxylic acids is 3. The number of amides is 1. The van der Waals surface area contributed by atoms with Crippen LogP contribution in [0, 0.1) is 6.92 Å². The number of rotatable bonds is 9. The van der Waals surface area contributed by atoms with Gasteiger partial charge in [0.2, 0.25) is 6.23 Å². The number of primary amides is 1. The molecule has 166 valence electrons. The Morgan fingerprint density at radius 2 is 1.94 bits per heavy atom. The molecule has 31 heavy (non-hydrogen) atoms. The van der Waals surface area contributed by atoms with Crippen LogP contribution in [0.4, 0.5) is 5.00 Å². The molecule has 1 aliphatic rings. The molecule has 1 aromatic carbocycles. The molecule has 3 rings (SSSR count). The number of benzene rings is 1. The fourth-order valence-corrected chi connectivity index (χ4v) is 4.34. The van der Waals surface area contributed by atoms with Crippen molar-refractivity contribution in [1.82, 2.24) is 0 Å². The quantitative estimate of drug-likeness (QED) is 0.435. The second kappa shape index (κ2) is 9.23. The second-order valence-electron chi connectivity index (χ2n) is 6.45. The Balaban J connectivity index is 1.96. The van der Waals surface area contributed by atoms with Gasteiger partial charge in [0.05, 0.1) is 26.4 Å². The number of methoxy groups -OCH3 is 3. The first-order valence-electron chi connectivity index (χ1n) is 9.15. The zero-order chi connectivity index (χ0) is 22.7. The van der Waals surface area contributed by atoms with Crippen LogP contribution in [0.25, 0.3) is 0 Å². The maximum Gasteiger partial charge on any atom is 0.348 e. The van der Waals surface area contributed by atoms with Crippen molar-refractivity contribution in [3.05, 3.63) is 39.3 Å². The summed E-state index contributed by atoms with van der Waals surface area (Å²) in [5.41, 5.74) is 6.74. The van der Waals surface area contributed by atoms with Gasteiger partial charge in [-0.25, -0.2) is 9.59 Å². The van der Waals surface area contributed by atoms with E-state index in [1.807, 2.05) is 0 Å². The van der Waals surface area contributed by atoms with Crippen LogP contribution in [0.2, 0.25) is 0 Å². The molecule has 0 radical (unpaired) electrons. The number of hydrogen-bond acceptors (Lipinski definition) is 10. The summed E-state index contributed by atoms with van der Waals surface area (Å²) in [6, 6.07) is 3.30. The van der Waals surface area contributed by atoms with E-state index in [9.17, 15) is 14.4 Å². The predicted octanol–water partition coefficient (Wildman–Crippen LogP) is 2.26. The number of carbonyl (C=O) groups is 3. The molecular weight excluding hydrogens is 428 g/mol. The molecule has 0 spiro atoms. The first-order chi connectivity index (χ1) is 14.8. The monoisotopic (exact) mass is 450 g/mol. The van der Waals surface area contributed by atoms with E-state index in [4.69, 9.17) is 29.4 Å². The first kappa shape index (κ1) is 22.4. The van der Waals surface area contributed by atoms with Crippen molar-refractivity contribution in [2.45, 2.75) is 13.2 Å². The van der Waals surface area contributed by atoms with Crippen LogP contribution in [-0.2, 0) is 14.2 Å². The summed E-state index contributed by atoms with van der Waals surface area (Å²) in [6.45, 7) is 1.90. The van der Waals surface area contributed by atoms with E-state index in [1.54, 1.807) is 19.1 Å². The minimum Gasteiger partial charge on any atom is -0.493 e. The highest BCUT2D eigenvalue weighted by atomic mass is 32.1. The van der Waals surface area contributed by atoms with Crippen molar-refractivity contribution in [1.29, 1.82) is 0 Å². The first-order valence-corrected chi connectivity index (χ1v) is 9.97. The molecule has 0 bridgehead atoms. The van der Waals surface area contributed by atoms with Gasteiger partial charge in [-0.3, -0.25) is 4.79 Å². The molecule has 10 nitrogen and oxygen atoms in total. The van der Waals surface area contributed by atoms with Crippen LogP contribution in [0.3, 0.4) is 0 Å². The van der Waals surface area contributed by atoms with Gasteiger partial charge in [0.25, 0.3) is 5.91 Å². The number of hydrogen-bond donors (Lipinski definition) is 2. The van der Waals surface area contributed by atoms with Gasteiger partial charge in [0, 0.05) is 12.7 Å². The summed E-state index contributed by atoms with van der Waals surface area (Å²) in [6.07, 6.45) is -0.921. The van der Waals surface area contributed by atoms with Gasteiger partial charge in [0.15, 0.2) is 11.5 Å². The minimum atomic E-state index is -0.921. The molecular formula is C20H22N2O8S. The molecule has 1 aliphatic heterocycles. The van der Waals surface area contributed by atoms with Gasteiger partial charge in [-0.15, -0.1) is 11.3 Å². The Morgan fingerprint density at radius 1 is 1.19 bits per heavy atom. The third-order valence-corrected chi connectivity index (χ3v) is 5.85. The van der Waals surface area contributed by atoms with Crippen molar-refractivity contribution in [2.75, 3.05) is 39.9 Å². The van der Waals surface area contributed by atoms with Crippen molar-refractivity contribution < 1.29 is 38.1 Å². The van der Waals surface area contributed by atoms with Crippen LogP contribution < -0.4 is 20.5 Å². The van der Waals surface area contributed by atoms with Gasteiger partial charge >= 0.3 is 11.9 Å². The fraction of sp³-hybridized carbons (Fsp3) is 0.350. The van der Waals surface area contributed by atoms with E-state index in [2.05, 4.69) is 5.32 Å². The third kappa shape index (κ3) is 4.14. The van der Waals surface area contributed by atoms with E-state index in [0.29, 0.717) is 16.9 Å². The Bertz CT molecular complexity index is 1030. The van der Waals surface area contributed by atoms with Gasteiger partial charge in [-0.05, 0) is 24.6 Å². The smallest absolute Gasteiger partial charge is 0.348 e. The standard InChI is InChI=1S/C20H22N2O8S/c1-9-12(16(21)23)18(31-15(9)20(25)29-8-7-26-2)22-17-10-5-6-11(27-3)14(28-4)13(10)19(24)30-17/h5-6,17,22H,7-8H2,1-4H3,(H2,21,23). The lowest BCUT2D eigenvalue weighted by atomic mass is 10.1. The zero-order valence-corrected chi connectivity index (χ0v) is 18.2. The molecule has 1 amide bonds. The van der Waals surface area contributed by atoms with Crippen LogP contribution >= 0.6 is 11.3 Å². The summed E-state index contributed by atoms with van der Waals surface area (Å²) in [4.78, 5) is 37.2. The zero-order valence-electron chi connectivity index (χ0n) is 17.4. The lowest BCUT2D eigenvalue weighted by Crippen LogP contribution is -2.17. The van der Waals surface area contributed by atoms with Gasteiger partial charge < -0.3 is 34.7 Å². The highest BCUT2D eigenvalue weighted by molar-refractivity contribution is 7.18. The Labute approximate surface area is 182 Å². The molecule has 0 fully saturated rings. The molecule has 0 aliphatic carbocycles. The summed E-state index contributed by atoms with van der Waals surface area (Å²) >= 11 is 0.986. The normalized spacial score (nSPS) is 14.6. The molecule has 2 heterocycles. The Kier molecular flexibility index (Phi) is 6.66. The number of nitrogens with one attached hydrogen (secondary N) is 1. The second-order valence-corrected chi connectivity index (χ2v) is 7.47. The van der Waals surface area contributed by atoms with Crippen molar-refractivity contribution in [3.8, 4) is 11.5 Å². The van der Waals surface area contributed by atoms with Crippen LogP contribution in [-0.4, -0.2) is 52.4 Å². The molecule has 11 heteroatoms. The van der Waals surface area contributed by atoms with Crippen molar-refractivity contribution in [3.63, 3.8) is 0 Å². The molecule has 0 saturated carbocycles. The van der Waals surface area contributed by atoms with E-state index < -0.39 is 24.1 Å². The Morgan fingerprint density at radius 3 is 2.55 bits per heavy atom. The lowest BCUT2D eigenvalue weighted by molar-refractivity contribution is 0.0391. The summed E-state index contributed by atoms with van der Waals surface area (Å²) < 4.78 is 26.0. The molecule has 1 unspecified atom stereocenters. The van der Waals surface area contributed by atoms with Crippen LogP contribution in [0.5, 0.6) is 11.5 Å². The lowest BCUT2D eigenvalue weighted by Gasteiger charge is -2.14. The van der Waals surface area contributed by atoms with Crippen molar-refractivity contribution >= 4 is 34.2 Å². The number of anilines is 1. The number of ether oxygens (including phenoxy) is 5. The molecule has 3 N–H and O–H groups in total. The average molecular weight is 450 g/mol. The number of fused-ring (bicyclic) bond motifs is 1. The van der Waals surface area contributed by atoms with Crippen LogP contribution in [0.1, 0.15) is 47.7 Å². The number of thiophene rings is 1. The van der Waals surface area contributed by atoms with E-state index in [-0.39, 0.29) is 40.0 Å². The predicted molar refractivity (Wildman–Crippen MR) is 111 cm³/mol. The highest BCUT2D eigenvalue weighted by Crippen LogP contribution is 2.44. The average Bonchev–Trinajstić information content (AvgIpc) is 3.24. The number of nitrogens with two attached hydrogens (primary N) is 1. The van der Waals surface area contributed by atoms with E-state index in [1.165, 1.54) is 21.3 Å². The highest BCUT2D eigenvalue weighted by Gasteiger charge is 2.37. The number of cyclic esters (lactones) is 1. The van der Waals surface area contributed by atoms with Gasteiger partial charge in [-0.1, -0.05) is 0 Å². The Hall–Kier alpha value is -3.31. The molecule has 1 atom stereocenters. The van der Waals surface area contributed by atoms with Crippen molar-refractivity contribution in [2.24, 2.45) is 5.73 Å². The topological polar surface area (TPSA) is 135 Å². The maximum absolute atomic E-state index is 12.5. The maximum atomic E-state index is 12.5. The van der Waals surface area contributed by atoms with Crippen LogP contribution in [0.15, 0.2) is 12.1 Å². The molecule has 0 saturated heterocycles. The van der Waals surface area contributed by atoms with Gasteiger partial charge in [0.1, 0.15) is 22.0 Å².